The van der Waals surface area contributed by atoms with Gasteiger partial charge in [-0.1, -0.05) is 42.0 Å². The Hall–Kier alpha value is -1.99. The zero-order valence-corrected chi connectivity index (χ0v) is 14.5. The zero-order chi connectivity index (χ0) is 18.2. The molecule has 0 saturated heterocycles. The molecule has 1 aromatic heterocycles. The van der Waals surface area contributed by atoms with Crippen LogP contribution in [0.2, 0.25) is 5.02 Å². The summed E-state index contributed by atoms with van der Waals surface area (Å²) < 4.78 is 45.0. The minimum absolute atomic E-state index is 0.0497. The van der Waals surface area contributed by atoms with E-state index >= 15 is 0 Å². The van der Waals surface area contributed by atoms with Crippen molar-refractivity contribution in [3.63, 3.8) is 0 Å². The van der Waals surface area contributed by atoms with Crippen molar-refractivity contribution in [2.24, 2.45) is 0 Å². The van der Waals surface area contributed by atoms with Crippen LogP contribution < -0.4 is 5.32 Å². The van der Waals surface area contributed by atoms with Crippen molar-refractivity contribution in [2.75, 3.05) is 12.4 Å². The minimum Gasteiger partial charge on any atom is -0.504 e. The van der Waals surface area contributed by atoms with E-state index in [9.17, 15) is 18.3 Å². The highest BCUT2D eigenvalue weighted by atomic mass is 35.5. The molecule has 0 amide bonds. The number of halogens is 4. The summed E-state index contributed by atoms with van der Waals surface area (Å²) >= 11 is 7.40. The monoisotopic (exact) mass is 387 g/mol. The summed E-state index contributed by atoms with van der Waals surface area (Å²) in [5.74, 6) is 0.165. The number of allylic oxidation sites excluding steroid dienone is 2. The molecule has 1 atom stereocenters. The lowest BCUT2D eigenvalue weighted by atomic mass is 10.0. The molecule has 2 aromatic rings. The average molecular weight is 388 g/mol. The number of rotatable bonds is 3. The van der Waals surface area contributed by atoms with Crippen LogP contribution in [0.4, 0.5) is 19.1 Å². The first-order valence-electron chi connectivity index (χ1n) is 7.23. The number of furan rings is 1. The number of benzene rings is 1. The van der Waals surface area contributed by atoms with Gasteiger partial charge in [0.15, 0.2) is 11.5 Å². The number of alkyl halides is 3. The van der Waals surface area contributed by atoms with Crippen LogP contribution in [0.15, 0.2) is 46.3 Å². The Morgan fingerprint density at radius 3 is 2.64 bits per heavy atom. The summed E-state index contributed by atoms with van der Waals surface area (Å²) in [4.78, 5) is 0. The highest BCUT2D eigenvalue weighted by molar-refractivity contribution is 8.02. The molecule has 132 valence electrons. The summed E-state index contributed by atoms with van der Waals surface area (Å²) in [5.41, 5.74) is -0.809. The third kappa shape index (κ3) is 3.26. The van der Waals surface area contributed by atoms with Crippen molar-refractivity contribution in [3.8, 4) is 16.9 Å². The largest absolute Gasteiger partial charge is 0.504 e. The second-order valence-corrected chi connectivity index (χ2v) is 6.63. The van der Waals surface area contributed by atoms with E-state index in [-0.39, 0.29) is 33.8 Å². The molecule has 1 aliphatic heterocycles. The van der Waals surface area contributed by atoms with Gasteiger partial charge in [0.25, 0.3) is 0 Å². The molecule has 0 saturated carbocycles. The van der Waals surface area contributed by atoms with Gasteiger partial charge < -0.3 is 14.8 Å². The molecule has 3 rings (SSSR count). The molecule has 0 fully saturated rings. The summed E-state index contributed by atoms with van der Waals surface area (Å²) in [6.07, 6.45) is 0.867. The fourth-order valence-electron chi connectivity index (χ4n) is 2.54. The molecule has 0 bridgehead atoms. The Balaban J connectivity index is 2.17. The van der Waals surface area contributed by atoms with Crippen LogP contribution in [0.5, 0.6) is 5.75 Å². The smallest absolute Gasteiger partial charge is 0.417 e. The summed E-state index contributed by atoms with van der Waals surface area (Å²) in [6.45, 7) is 0. The lowest BCUT2D eigenvalue weighted by Gasteiger charge is -2.13. The van der Waals surface area contributed by atoms with E-state index in [4.69, 9.17) is 16.0 Å². The van der Waals surface area contributed by atoms with E-state index in [2.05, 4.69) is 5.32 Å². The number of aromatic hydroxyl groups is 1. The van der Waals surface area contributed by atoms with Crippen LogP contribution in [0.25, 0.3) is 11.1 Å². The van der Waals surface area contributed by atoms with E-state index in [1.807, 2.05) is 17.6 Å². The predicted molar refractivity (Wildman–Crippen MR) is 94.0 cm³/mol. The van der Waals surface area contributed by atoms with Gasteiger partial charge in [-0.3, -0.25) is 0 Å². The van der Waals surface area contributed by atoms with Gasteiger partial charge >= 0.3 is 6.18 Å². The van der Waals surface area contributed by atoms with Crippen LogP contribution >= 0.6 is 23.4 Å². The highest BCUT2D eigenvalue weighted by Crippen LogP contribution is 2.51. The highest BCUT2D eigenvalue weighted by Gasteiger charge is 2.35. The Kier molecular flexibility index (Phi) is 4.79. The predicted octanol–water partition coefficient (Wildman–Crippen LogP) is 6.22. The molecule has 2 N–H and O–H groups in total. The van der Waals surface area contributed by atoms with E-state index in [1.165, 1.54) is 23.9 Å². The second kappa shape index (κ2) is 6.72. The molecular weight excluding hydrogens is 375 g/mol. The van der Waals surface area contributed by atoms with Gasteiger partial charge in [0.2, 0.25) is 5.88 Å². The SMILES string of the molecule is CNc1oc(C2C=CC=CS2)c(O)c1-c1cccc(C(F)(F)F)c1Cl. The van der Waals surface area contributed by atoms with Crippen LogP contribution in [-0.2, 0) is 6.18 Å². The maximum atomic E-state index is 13.1. The lowest BCUT2D eigenvalue weighted by Crippen LogP contribution is -2.06. The van der Waals surface area contributed by atoms with Gasteiger partial charge in [-0.2, -0.15) is 13.2 Å². The quantitative estimate of drug-likeness (QED) is 0.655. The molecule has 1 aliphatic rings. The van der Waals surface area contributed by atoms with Crippen LogP contribution in [0.3, 0.4) is 0 Å². The average Bonchev–Trinajstić information content (AvgIpc) is 2.91. The van der Waals surface area contributed by atoms with Gasteiger partial charge in [-0.05, 0) is 11.5 Å². The van der Waals surface area contributed by atoms with Crippen molar-refractivity contribution in [1.82, 2.24) is 0 Å². The number of hydrogen-bond acceptors (Lipinski definition) is 4. The molecule has 0 aliphatic carbocycles. The van der Waals surface area contributed by atoms with E-state index in [1.54, 1.807) is 13.1 Å². The third-order valence-corrected chi connectivity index (χ3v) is 5.05. The van der Waals surface area contributed by atoms with Crippen molar-refractivity contribution >= 4 is 29.2 Å². The van der Waals surface area contributed by atoms with E-state index in [0.29, 0.717) is 0 Å². The number of thioether (sulfide) groups is 1. The Morgan fingerprint density at radius 1 is 1.28 bits per heavy atom. The van der Waals surface area contributed by atoms with Gasteiger partial charge in [-0.15, -0.1) is 11.8 Å². The first-order valence-corrected chi connectivity index (χ1v) is 8.55. The van der Waals surface area contributed by atoms with Gasteiger partial charge in [0, 0.05) is 12.6 Å². The van der Waals surface area contributed by atoms with E-state index < -0.39 is 16.8 Å². The van der Waals surface area contributed by atoms with Crippen LogP contribution in [-0.4, -0.2) is 12.2 Å². The number of anilines is 1. The summed E-state index contributed by atoms with van der Waals surface area (Å²) in [5, 5.41) is 14.5. The Bertz CT molecular complexity index is 858. The molecule has 1 aromatic carbocycles. The third-order valence-electron chi connectivity index (χ3n) is 3.67. The Morgan fingerprint density at radius 2 is 2.04 bits per heavy atom. The van der Waals surface area contributed by atoms with Gasteiger partial charge in [0.1, 0.15) is 0 Å². The maximum absolute atomic E-state index is 13.1. The van der Waals surface area contributed by atoms with E-state index in [0.717, 1.165) is 6.07 Å². The molecular formula is C17H13ClF3NO2S. The standard InChI is InChI=1S/C17H13ClF3NO2S/c1-22-16-12(9-5-4-6-10(13(9)18)17(19,20)21)14(23)15(24-16)11-7-2-3-8-25-11/h2-8,11,22-23H,1H3. The zero-order valence-electron chi connectivity index (χ0n) is 12.9. The van der Waals surface area contributed by atoms with Crippen molar-refractivity contribution in [2.45, 2.75) is 11.4 Å². The van der Waals surface area contributed by atoms with Crippen LogP contribution in [0, 0.1) is 0 Å². The van der Waals surface area contributed by atoms with Crippen molar-refractivity contribution < 1.29 is 22.7 Å². The maximum Gasteiger partial charge on any atom is 0.417 e. The molecule has 3 nitrogen and oxygen atoms in total. The fraction of sp³-hybridized carbons (Fsp3) is 0.176. The molecule has 1 unspecified atom stereocenters. The van der Waals surface area contributed by atoms with Crippen molar-refractivity contribution in [1.29, 1.82) is 0 Å². The first-order chi connectivity index (χ1) is 11.8. The summed E-state index contributed by atoms with van der Waals surface area (Å²) in [7, 11) is 1.55. The number of hydrogen-bond donors (Lipinski definition) is 2. The van der Waals surface area contributed by atoms with Gasteiger partial charge in [0.05, 0.1) is 21.4 Å². The normalized spacial score (nSPS) is 17.1. The first kappa shape index (κ1) is 17.8. The molecule has 0 radical (unpaired) electrons. The van der Waals surface area contributed by atoms with Gasteiger partial charge in [-0.25, -0.2) is 0 Å². The van der Waals surface area contributed by atoms with Crippen molar-refractivity contribution in [3.05, 3.63) is 58.2 Å². The fourth-order valence-corrected chi connectivity index (χ4v) is 3.68. The molecule has 0 spiro atoms. The molecule has 8 heteroatoms. The van der Waals surface area contributed by atoms with Crippen LogP contribution in [0.1, 0.15) is 16.6 Å². The molecule has 25 heavy (non-hydrogen) atoms. The number of nitrogens with one attached hydrogen (secondary N) is 1. The second-order valence-electron chi connectivity index (χ2n) is 5.20. The Labute approximate surface area is 151 Å². The molecule has 2 heterocycles. The topological polar surface area (TPSA) is 45.4 Å². The summed E-state index contributed by atoms with van der Waals surface area (Å²) in [6, 6.07) is 3.55. The lowest BCUT2D eigenvalue weighted by molar-refractivity contribution is -0.137. The minimum atomic E-state index is -4.60.